The zero-order valence-electron chi connectivity index (χ0n) is 9.29. The van der Waals surface area contributed by atoms with Crippen molar-refractivity contribution >= 4 is 11.8 Å². The van der Waals surface area contributed by atoms with E-state index in [1.54, 1.807) is 5.01 Å². The smallest absolute Gasteiger partial charge is 0.238 e. The van der Waals surface area contributed by atoms with Crippen molar-refractivity contribution in [2.75, 3.05) is 32.7 Å². The molecule has 0 spiro atoms. The summed E-state index contributed by atoms with van der Waals surface area (Å²) >= 11 is 0. The van der Waals surface area contributed by atoms with Gasteiger partial charge < -0.3 is 10.6 Å². The average Bonchev–Trinajstić information content (AvgIpc) is 2.30. The van der Waals surface area contributed by atoms with E-state index in [-0.39, 0.29) is 24.3 Å². The van der Waals surface area contributed by atoms with E-state index in [0.717, 1.165) is 25.9 Å². The molecule has 0 aromatic rings. The minimum Gasteiger partial charge on any atom is -0.354 e. The van der Waals surface area contributed by atoms with Crippen molar-refractivity contribution in [2.24, 2.45) is 5.92 Å². The van der Waals surface area contributed by atoms with Crippen LogP contribution in [0.1, 0.15) is 12.8 Å². The van der Waals surface area contributed by atoms with E-state index in [0.29, 0.717) is 13.1 Å². The van der Waals surface area contributed by atoms with Crippen molar-refractivity contribution in [3.05, 3.63) is 0 Å². The van der Waals surface area contributed by atoms with E-state index < -0.39 is 0 Å². The number of carbonyl (C=O) groups is 2. The Hall–Kier alpha value is -1.14. The summed E-state index contributed by atoms with van der Waals surface area (Å²) in [5.74, 6) is 0.0361. The third-order valence-electron chi connectivity index (χ3n) is 2.97. The fourth-order valence-electron chi connectivity index (χ4n) is 2.06. The van der Waals surface area contributed by atoms with E-state index in [2.05, 4.69) is 16.1 Å². The van der Waals surface area contributed by atoms with Gasteiger partial charge in [-0.3, -0.25) is 15.0 Å². The molecule has 6 nitrogen and oxygen atoms in total. The lowest BCUT2D eigenvalue weighted by Crippen LogP contribution is -2.56. The number of carbonyl (C=O) groups excluding carboxylic acids is 2. The highest BCUT2D eigenvalue weighted by molar-refractivity contribution is 5.81. The second kappa shape index (κ2) is 5.27. The number of rotatable bonds is 2. The van der Waals surface area contributed by atoms with Gasteiger partial charge in [-0.2, -0.15) is 0 Å². The molecule has 90 valence electrons. The van der Waals surface area contributed by atoms with Crippen LogP contribution < -0.4 is 16.1 Å². The Kier molecular flexibility index (Phi) is 3.74. The van der Waals surface area contributed by atoms with Gasteiger partial charge in [0.25, 0.3) is 0 Å². The van der Waals surface area contributed by atoms with Crippen LogP contribution in [-0.4, -0.2) is 49.5 Å². The number of piperazine rings is 1. The summed E-state index contributed by atoms with van der Waals surface area (Å²) in [7, 11) is 0. The number of nitrogens with one attached hydrogen (secondary N) is 3. The second-order valence-corrected chi connectivity index (χ2v) is 4.29. The number of hydrogen-bond donors (Lipinski definition) is 3. The summed E-state index contributed by atoms with van der Waals surface area (Å²) in [5.41, 5.74) is 2.81. The molecule has 0 bridgehead atoms. The van der Waals surface area contributed by atoms with E-state index in [9.17, 15) is 9.59 Å². The first-order valence-electron chi connectivity index (χ1n) is 5.78. The normalized spacial score (nSPS) is 27.2. The minimum absolute atomic E-state index is 0.0295. The van der Waals surface area contributed by atoms with Crippen LogP contribution in [0.15, 0.2) is 0 Å². The van der Waals surface area contributed by atoms with Gasteiger partial charge in [-0.05, 0) is 19.4 Å². The molecule has 0 radical (unpaired) electrons. The molecule has 0 saturated carbocycles. The quantitative estimate of drug-likeness (QED) is 0.533. The Bertz CT molecular complexity index is 276. The van der Waals surface area contributed by atoms with Crippen molar-refractivity contribution in [2.45, 2.75) is 12.8 Å². The average molecular weight is 226 g/mol. The fraction of sp³-hybridized carbons (Fsp3) is 0.800. The molecule has 2 saturated heterocycles. The zero-order chi connectivity index (χ0) is 11.4. The van der Waals surface area contributed by atoms with Crippen LogP contribution in [0, 0.1) is 5.92 Å². The molecule has 1 unspecified atom stereocenters. The molecular weight excluding hydrogens is 208 g/mol. The maximum atomic E-state index is 11.8. The molecule has 2 fully saturated rings. The van der Waals surface area contributed by atoms with Gasteiger partial charge in [0.2, 0.25) is 11.8 Å². The van der Waals surface area contributed by atoms with Gasteiger partial charge in [0.05, 0.1) is 12.5 Å². The maximum Gasteiger partial charge on any atom is 0.238 e. The third-order valence-corrected chi connectivity index (χ3v) is 2.97. The van der Waals surface area contributed by atoms with Crippen LogP contribution in [0.2, 0.25) is 0 Å². The molecule has 2 aliphatic heterocycles. The van der Waals surface area contributed by atoms with Crippen molar-refractivity contribution in [1.29, 1.82) is 0 Å². The van der Waals surface area contributed by atoms with Gasteiger partial charge in [0.15, 0.2) is 0 Å². The molecule has 1 atom stereocenters. The molecule has 3 N–H and O–H groups in total. The highest BCUT2D eigenvalue weighted by Crippen LogP contribution is 2.09. The molecule has 0 aromatic heterocycles. The first-order chi connectivity index (χ1) is 7.75. The molecule has 2 heterocycles. The van der Waals surface area contributed by atoms with Crippen LogP contribution in [0.25, 0.3) is 0 Å². The van der Waals surface area contributed by atoms with Gasteiger partial charge in [0, 0.05) is 19.6 Å². The number of amides is 2. The van der Waals surface area contributed by atoms with Crippen molar-refractivity contribution < 1.29 is 9.59 Å². The Balaban J connectivity index is 1.79. The summed E-state index contributed by atoms with van der Waals surface area (Å²) in [5, 5.41) is 7.61. The highest BCUT2D eigenvalue weighted by atomic mass is 16.2. The summed E-state index contributed by atoms with van der Waals surface area (Å²) in [6.07, 6.45) is 1.97. The van der Waals surface area contributed by atoms with E-state index in [4.69, 9.17) is 0 Å². The minimum atomic E-state index is -0.0340. The summed E-state index contributed by atoms with van der Waals surface area (Å²) in [4.78, 5) is 23.0. The van der Waals surface area contributed by atoms with Gasteiger partial charge in [-0.15, -0.1) is 0 Å². The van der Waals surface area contributed by atoms with Gasteiger partial charge >= 0.3 is 0 Å². The monoisotopic (exact) mass is 226 g/mol. The Morgan fingerprint density at radius 2 is 2.31 bits per heavy atom. The topological polar surface area (TPSA) is 73.5 Å². The number of nitrogens with zero attached hydrogens (tertiary/aromatic N) is 1. The molecule has 6 heteroatoms. The van der Waals surface area contributed by atoms with Crippen LogP contribution in [0.3, 0.4) is 0 Å². The van der Waals surface area contributed by atoms with Crippen LogP contribution >= 0.6 is 0 Å². The SMILES string of the molecule is O=C1CN(NC(=O)C2CCCNC2)CCN1. The van der Waals surface area contributed by atoms with Crippen molar-refractivity contribution in [3.8, 4) is 0 Å². The fourth-order valence-corrected chi connectivity index (χ4v) is 2.06. The molecule has 2 rings (SSSR count). The summed E-state index contributed by atoms with van der Waals surface area (Å²) < 4.78 is 0. The van der Waals surface area contributed by atoms with E-state index in [1.165, 1.54) is 0 Å². The lowest BCUT2D eigenvalue weighted by atomic mass is 9.99. The maximum absolute atomic E-state index is 11.8. The predicted molar refractivity (Wildman–Crippen MR) is 58.3 cm³/mol. The van der Waals surface area contributed by atoms with Crippen LogP contribution in [-0.2, 0) is 9.59 Å². The van der Waals surface area contributed by atoms with Crippen LogP contribution in [0.5, 0.6) is 0 Å². The highest BCUT2D eigenvalue weighted by Gasteiger charge is 2.24. The largest absolute Gasteiger partial charge is 0.354 e. The lowest BCUT2D eigenvalue weighted by molar-refractivity contribution is -0.134. The number of piperidine rings is 1. The Morgan fingerprint density at radius 1 is 1.44 bits per heavy atom. The van der Waals surface area contributed by atoms with Crippen LogP contribution in [0.4, 0.5) is 0 Å². The lowest BCUT2D eigenvalue weighted by Gasteiger charge is -2.29. The first-order valence-corrected chi connectivity index (χ1v) is 5.78. The number of hydrogen-bond acceptors (Lipinski definition) is 4. The first kappa shape index (κ1) is 11.3. The zero-order valence-corrected chi connectivity index (χ0v) is 9.29. The van der Waals surface area contributed by atoms with E-state index in [1.807, 2.05) is 0 Å². The molecule has 0 aliphatic carbocycles. The second-order valence-electron chi connectivity index (χ2n) is 4.29. The van der Waals surface area contributed by atoms with Gasteiger partial charge in [0.1, 0.15) is 0 Å². The molecule has 0 aromatic carbocycles. The number of hydrazine groups is 1. The van der Waals surface area contributed by atoms with Gasteiger partial charge in [-0.25, -0.2) is 5.01 Å². The van der Waals surface area contributed by atoms with E-state index >= 15 is 0 Å². The summed E-state index contributed by atoms with van der Waals surface area (Å²) in [6.45, 7) is 3.27. The third kappa shape index (κ3) is 2.93. The predicted octanol–water partition coefficient (Wildman–Crippen LogP) is -1.55. The van der Waals surface area contributed by atoms with Crippen molar-refractivity contribution in [1.82, 2.24) is 21.1 Å². The summed E-state index contributed by atoms with van der Waals surface area (Å²) in [6, 6.07) is 0. The molecule has 2 amide bonds. The van der Waals surface area contributed by atoms with Gasteiger partial charge in [-0.1, -0.05) is 0 Å². The molecular formula is C10H18N4O2. The molecule has 2 aliphatic rings. The Labute approximate surface area is 94.7 Å². The standard InChI is InChI=1S/C10H18N4O2/c15-9-7-14(5-4-12-9)13-10(16)8-2-1-3-11-6-8/h8,11H,1-7H2,(H,12,15)(H,13,16). The molecule has 16 heavy (non-hydrogen) atoms. The Morgan fingerprint density at radius 3 is 3.00 bits per heavy atom. The van der Waals surface area contributed by atoms with Crippen molar-refractivity contribution in [3.63, 3.8) is 0 Å².